The highest BCUT2D eigenvalue weighted by Gasteiger charge is 2.18. The number of nitrogens with zero attached hydrogens (tertiary/aromatic N) is 2. The van der Waals surface area contributed by atoms with Crippen LogP contribution in [0, 0.1) is 10.1 Å². The Balaban J connectivity index is 2.30. The molecule has 2 rings (SSSR count). The maximum absolute atomic E-state index is 11.2. The molecule has 0 saturated heterocycles. The third-order valence-corrected chi connectivity index (χ3v) is 3.37. The van der Waals surface area contributed by atoms with Gasteiger partial charge in [0.1, 0.15) is 5.69 Å². The van der Waals surface area contributed by atoms with E-state index in [-0.39, 0.29) is 12.3 Å². The molecule has 1 N–H and O–H groups in total. The molecule has 0 unspecified atom stereocenters. The van der Waals surface area contributed by atoms with Gasteiger partial charge in [0.05, 0.1) is 11.5 Å². The molecule has 0 amide bonds. The first-order valence-electron chi connectivity index (χ1n) is 6.35. The topological polar surface area (TPSA) is 66.6 Å². The minimum absolute atomic E-state index is 0.0221. The second kappa shape index (κ2) is 6.56. The molecule has 2 aromatic rings. The zero-order valence-corrected chi connectivity index (χ0v) is 12.2. The number of halogens is 1. The molecule has 0 aromatic heterocycles. The fraction of sp³-hybridized carbons (Fsp3) is 0.200. The largest absolute Gasteiger partial charge is 0.392 e. The molecular formula is C15H15ClN2O3. The maximum Gasteiger partial charge on any atom is 0.292 e. The predicted octanol–water partition coefficient (Wildman–Crippen LogP) is 3.38. The third-order valence-electron chi connectivity index (χ3n) is 3.14. The summed E-state index contributed by atoms with van der Waals surface area (Å²) in [5.41, 5.74) is 1.95. The van der Waals surface area contributed by atoms with E-state index in [1.807, 2.05) is 18.2 Å². The van der Waals surface area contributed by atoms with Crippen LogP contribution >= 0.6 is 11.6 Å². The summed E-state index contributed by atoms with van der Waals surface area (Å²) in [6.45, 7) is 0.277. The van der Waals surface area contributed by atoms with E-state index >= 15 is 0 Å². The molecule has 0 aliphatic rings. The summed E-state index contributed by atoms with van der Waals surface area (Å²) in [4.78, 5) is 12.5. The van der Waals surface area contributed by atoms with Crippen molar-refractivity contribution < 1.29 is 10.0 Å². The zero-order valence-electron chi connectivity index (χ0n) is 11.5. The molecule has 0 radical (unpaired) electrons. The Hall–Kier alpha value is -2.11. The van der Waals surface area contributed by atoms with Crippen LogP contribution in [0.1, 0.15) is 11.1 Å². The molecule has 0 spiro atoms. The van der Waals surface area contributed by atoms with Crippen molar-refractivity contribution in [2.24, 2.45) is 0 Å². The van der Waals surface area contributed by atoms with E-state index in [0.29, 0.717) is 22.8 Å². The van der Waals surface area contributed by atoms with Gasteiger partial charge in [0.15, 0.2) is 0 Å². The van der Waals surface area contributed by atoms with Crippen LogP contribution in [-0.4, -0.2) is 17.1 Å². The molecule has 21 heavy (non-hydrogen) atoms. The van der Waals surface area contributed by atoms with Gasteiger partial charge in [-0.2, -0.15) is 0 Å². The number of nitro groups is 1. The average Bonchev–Trinajstić information content (AvgIpc) is 2.46. The van der Waals surface area contributed by atoms with Gasteiger partial charge in [0, 0.05) is 24.7 Å². The first-order valence-corrected chi connectivity index (χ1v) is 6.73. The van der Waals surface area contributed by atoms with Crippen LogP contribution < -0.4 is 4.90 Å². The number of hydrogen-bond donors (Lipinski definition) is 1. The lowest BCUT2D eigenvalue weighted by Crippen LogP contribution is -2.17. The van der Waals surface area contributed by atoms with Crippen molar-refractivity contribution in [3.8, 4) is 0 Å². The van der Waals surface area contributed by atoms with E-state index in [2.05, 4.69) is 0 Å². The van der Waals surface area contributed by atoms with Crippen LogP contribution in [-0.2, 0) is 13.2 Å². The Bertz CT molecular complexity index is 661. The molecule has 0 heterocycles. The number of anilines is 1. The lowest BCUT2D eigenvalue weighted by Gasteiger charge is -2.19. The predicted molar refractivity (Wildman–Crippen MR) is 82.6 cm³/mol. The average molecular weight is 307 g/mol. The Morgan fingerprint density at radius 3 is 2.62 bits per heavy atom. The minimum Gasteiger partial charge on any atom is -0.392 e. The lowest BCUT2D eigenvalue weighted by atomic mass is 10.1. The number of hydrogen-bond acceptors (Lipinski definition) is 4. The van der Waals surface area contributed by atoms with Gasteiger partial charge < -0.3 is 10.0 Å². The van der Waals surface area contributed by atoms with E-state index in [1.165, 1.54) is 6.07 Å². The van der Waals surface area contributed by atoms with Crippen molar-refractivity contribution in [3.63, 3.8) is 0 Å². The van der Waals surface area contributed by atoms with Gasteiger partial charge in [-0.25, -0.2) is 0 Å². The maximum atomic E-state index is 11.2. The van der Waals surface area contributed by atoms with Crippen LogP contribution in [0.3, 0.4) is 0 Å². The van der Waals surface area contributed by atoms with Gasteiger partial charge in [-0.05, 0) is 29.3 Å². The summed E-state index contributed by atoms with van der Waals surface area (Å²) in [5, 5.41) is 20.9. The van der Waals surface area contributed by atoms with E-state index in [9.17, 15) is 10.1 Å². The second-order valence-electron chi connectivity index (χ2n) is 4.72. The quantitative estimate of drug-likeness (QED) is 0.679. The number of aliphatic hydroxyl groups excluding tert-OH is 1. The van der Waals surface area contributed by atoms with Gasteiger partial charge in [-0.1, -0.05) is 29.8 Å². The zero-order chi connectivity index (χ0) is 15.4. The van der Waals surface area contributed by atoms with Crippen LogP contribution in [0.25, 0.3) is 0 Å². The summed E-state index contributed by atoms with van der Waals surface area (Å²) in [5.74, 6) is 0. The van der Waals surface area contributed by atoms with Crippen LogP contribution in [0.15, 0.2) is 42.5 Å². The highest BCUT2D eigenvalue weighted by molar-refractivity contribution is 6.30. The summed E-state index contributed by atoms with van der Waals surface area (Å²) < 4.78 is 0. The number of nitro benzene ring substituents is 1. The number of benzene rings is 2. The Labute approximate surface area is 127 Å². The van der Waals surface area contributed by atoms with Gasteiger partial charge >= 0.3 is 0 Å². The van der Waals surface area contributed by atoms with Gasteiger partial charge in [0.25, 0.3) is 5.69 Å². The normalized spacial score (nSPS) is 10.4. The van der Waals surface area contributed by atoms with E-state index in [1.54, 1.807) is 30.1 Å². The van der Waals surface area contributed by atoms with Gasteiger partial charge in [-0.3, -0.25) is 10.1 Å². The smallest absolute Gasteiger partial charge is 0.292 e. The van der Waals surface area contributed by atoms with E-state index < -0.39 is 4.92 Å². The fourth-order valence-electron chi connectivity index (χ4n) is 2.13. The van der Waals surface area contributed by atoms with Crippen molar-refractivity contribution in [2.45, 2.75) is 13.2 Å². The molecule has 5 nitrogen and oxygen atoms in total. The first-order chi connectivity index (χ1) is 10.0. The molecule has 6 heteroatoms. The fourth-order valence-corrected chi connectivity index (χ4v) is 2.34. The molecule has 0 fully saturated rings. The molecule has 0 atom stereocenters. The van der Waals surface area contributed by atoms with E-state index in [4.69, 9.17) is 16.7 Å². The standard InChI is InChI=1S/C15H15ClN2O3/c1-17(9-11-3-2-4-13(16)7-11)14-6-5-12(10-19)8-15(14)18(20)21/h2-8,19H,9-10H2,1H3. The molecule has 0 aliphatic carbocycles. The summed E-state index contributed by atoms with van der Waals surface area (Å²) in [7, 11) is 1.78. The number of rotatable bonds is 5. The lowest BCUT2D eigenvalue weighted by molar-refractivity contribution is -0.384. The Morgan fingerprint density at radius 2 is 2.00 bits per heavy atom. The van der Waals surface area contributed by atoms with Crippen molar-refractivity contribution in [1.82, 2.24) is 0 Å². The van der Waals surface area contributed by atoms with Crippen LogP contribution in [0.5, 0.6) is 0 Å². The molecular weight excluding hydrogens is 292 g/mol. The van der Waals surface area contributed by atoms with Crippen molar-refractivity contribution in [2.75, 3.05) is 11.9 Å². The molecule has 110 valence electrons. The Morgan fingerprint density at radius 1 is 1.24 bits per heavy atom. The molecule has 2 aromatic carbocycles. The minimum atomic E-state index is -0.442. The van der Waals surface area contributed by atoms with Crippen LogP contribution in [0.4, 0.5) is 11.4 Å². The van der Waals surface area contributed by atoms with Crippen molar-refractivity contribution >= 4 is 23.0 Å². The molecule has 0 aliphatic heterocycles. The molecule has 0 saturated carbocycles. The molecule has 0 bridgehead atoms. The number of aliphatic hydroxyl groups is 1. The van der Waals surface area contributed by atoms with E-state index in [0.717, 1.165) is 5.56 Å². The SMILES string of the molecule is CN(Cc1cccc(Cl)c1)c1ccc(CO)cc1[N+](=O)[O-]. The van der Waals surface area contributed by atoms with Crippen molar-refractivity contribution in [1.29, 1.82) is 0 Å². The van der Waals surface area contributed by atoms with Crippen LogP contribution in [0.2, 0.25) is 5.02 Å². The first kappa shape index (κ1) is 15.3. The Kier molecular flexibility index (Phi) is 4.77. The summed E-state index contributed by atoms with van der Waals surface area (Å²) >= 11 is 5.94. The highest BCUT2D eigenvalue weighted by atomic mass is 35.5. The monoisotopic (exact) mass is 306 g/mol. The summed E-state index contributed by atoms with van der Waals surface area (Å²) in [6.07, 6.45) is 0. The highest BCUT2D eigenvalue weighted by Crippen LogP contribution is 2.29. The van der Waals surface area contributed by atoms with Crippen molar-refractivity contribution in [3.05, 3.63) is 68.7 Å². The second-order valence-corrected chi connectivity index (χ2v) is 5.16. The van der Waals surface area contributed by atoms with Gasteiger partial charge in [0.2, 0.25) is 0 Å². The third kappa shape index (κ3) is 3.71. The summed E-state index contributed by atoms with van der Waals surface area (Å²) in [6, 6.07) is 12.1. The van der Waals surface area contributed by atoms with Gasteiger partial charge in [-0.15, -0.1) is 0 Å².